The maximum Gasteiger partial charge on any atom is 0.326 e. The molecule has 194 valence electrons. The molecular weight excluding hydrogens is 432 g/mol. The van der Waals surface area contributed by atoms with Crippen molar-refractivity contribution in [3.63, 3.8) is 0 Å². The summed E-state index contributed by atoms with van der Waals surface area (Å²) in [5.74, 6) is -1.36. The average molecular weight is 479 g/mol. The summed E-state index contributed by atoms with van der Waals surface area (Å²) in [6.07, 6.45) is 6.80. The molecule has 0 bridgehead atoms. The van der Waals surface area contributed by atoms with Gasteiger partial charge in [0.05, 0.1) is 18.6 Å². The molecule has 0 aliphatic heterocycles. The van der Waals surface area contributed by atoms with Crippen molar-refractivity contribution in [3.05, 3.63) is 18.2 Å². The summed E-state index contributed by atoms with van der Waals surface area (Å²) in [7, 11) is 0. The normalized spacial score (nSPS) is 15.8. The molecule has 0 fully saturated rings. The summed E-state index contributed by atoms with van der Waals surface area (Å²) in [6.45, 7) is 17.3. The largest absolute Gasteiger partial charge is 0.480 e. The molecule has 4 N–H and O–H groups in total. The minimum absolute atomic E-state index is 0.0649. The highest BCUT2D eigenvalue weighted by Gasteiger charge is 2.30. The second-order valence-corrected chi connectivity index (χ2v) is 12.2. The molecule has 1 rings (SSSR count). The monoisotopic (exact) mass is 478 g/mol. The third-order valence-electron chi connectivity index (χ3n) is 5.91. The molecule has 34 heavy (non-hydrogen) atoms. The number of imidazole rings is 1. The summed E-state index contributed by atoms with van der Waals surface area (Å²) in [6, 6.07) is -1.11. The highest BCUT2D eigenvalue weighted by molar-refractivity contribution is 5.88. The van der Waals surface area contributed by atoms with Gasteiger partial charge in [0, 0.05) is 18.5 Å². The standard InChI is InChI=1S/C26H46N4O4/c1-17(12-25(3,4)5)9-10-20(18(2)13-26(6,7)8)23(32)28-15-22(31)30-21(24(33)34)11-19-14-27-16-29-19/h14,16-18,20-21H,9-13,15H2,1-8H3,(H,27,29)(H,28,32)(H,30,31)(H,33,34). The van der Waals surface area contributed by atoms with Crippen molar-refractivity contribution in [3.8, 4) is 0 Å². The van der Waals surface area contributed by atoms with Crippen LogP contribution in [0.5, 0.6) is 0 Å². The van der Waals surface area contributed by atoms with E-state index >= 15 is 0 Å². The number of carbonyl (C=O) groups excluding carboxylic acids is 2. The van der Waals surface area contributed by atoms with Crippen molar-refractivity contribution in [2.45, 2.75) is 93.5 Å². The maximum atomic E-state index is 13.1. The summed E-state index contributed by atoms with van der Waals surface area (Å²) < 4.78 is 0. The first-order chi connectivity index (χ1) is 15.6. The summed E-state index contributed by atoms with van der Waals surface area (Å²) >= 11 is 0. The molecule has 0 radical (unpaired) electrons. The van der Waals surface area contributed by atoms with Gasteiger partial charge in [0.25, 0.3) is 0 Å². The Hall–Kier alpha value is -2.38. The molecule has 2 amide bonds. The third kappa shape index (κ3) is 12.2. The highest BCUT2D eigenvalue weighted by Crippen LogP contribution is 2.33. The molecule has 1 heterocycles. The van der Waals surface area contributed by atoms with Crippen molar-refractivity contribution in [1.82, 2.24) is 20.6 Å². The van der Waals surface area contributed by atoms with E-state index in [9.17, 15) is 19.5 Å². The third-order valence-corrected chi connectivity index (χ3v) is 5.91. The molecule has 1 aromatic heterocycles. The van der Waals surface area contributed by atoms with Crippen LogP contribution >= 0.6 is 0 Å². The fourth-order valence-corrected chi connectivity index (χ4v) is 4.75. The first-order valence-electron chi connectivity index (χ1n) is 12.3. The summed E-state index contributed by atoms with van der Waals surface area (Å²) in [5, 5.41) is 14.7. The van der Waals surface area contributed by atoms with Crippen molar-refractivity contribution in [2.75, 3.05) is 6.54 Å². The van der Waals surface area contributed by atoms with Crippen molar-refractivity contribution in [1.29, 1.82) is 0 Å². The van der Waals surface area contributed by atoms with Gasteiger partial charge in [-0.05, 0) is 48.3 Å². The van der Waals surface area contributed by atoms with Crippen LogP contribution in [0.2, 0.25) is 0 Å². The fraction of sp³-hybridized carbons (Fsp3) is 0.769. The number of aromatic nitrogens is 2. The average Bonchev–Trinajstić information content (AvgIpc) is 3.16. The Morgan fingerprint density at radius 1 is 1.03 bits per heavy atom. The lowest BCUT2D eigenvalue weighted by molar-refractivity contribution is -0.141. The predicted molar refractivity (Wildman–Crippen MR) is 134 cm³/mol. The molecule has 0 aliphatic carbocycles. The van der Waals surface area contributed by atoms with Gasteiger partial charge in [0.2, 0.25) is 11.8 Å². The van der Waals surface area contributed by atoms with Crippen LogP contribution in [0.15, 0.2) is 12.5 Å². The second kappa shape index (κ2) is 12.9. The lowest BCUT2D eigenvalue weighted by atomic mass is 9.76. The molecule has 4 atom stereocenters. The Bertz CT molecular complexity index is 778. The van der Waals surface area contributed by atoms with Crippen molar-refractivity contribution in [2.24, 2.45) is 28.6 Å². The van der Waals surface area contributed by atoms with E-state index in [-0.39, 0.29) is 41.5 Å². The van der Waals surface area contributed by atoms with E-state index in [0.29, 0.717) is 11.6 Å². The van der Waals surface area contributed by atoms with Gasteiger partial charge >= 0.3 is 5.97 Å². The first kappa shape index (κ1) is 29.7. The van der Waals surface area contributed by atoms with Crippen LogP contribution in [0.1, 0.15) is 86.8 Å². The molecule has 1 aromatic rings. The number of rotatable bonds is 13. The van der Waals surface area contributed by atoms with Gasteiger partial charge in [-0.2, -0.15) is 0 Å². The molecule has 0 saturated carbocycles. The number of carbonyl (C=O) groups is 3. The molecule has 8 heteroatoms. The van der Waals surface area contributed by atoms with E-state index in [1.165, 1.54) is 6.33 Å². The van der Waals surface area contributed by atoms with E-state index < -0.39 is 17.9 Å². The van der Waals surface area contributed by atoms with Gasteiger partial charge in [-0.3, -0.25) is 9.59 Å². The van der Waals surface area contributed by atoms with Gasteiger partial charge < -0.3 is 20.7 Å². The zero-order valence-corrected chi connectivity index (χ0v) is 22.3. The van der Waals surface area contributed by atoms with E-state index in [0.717, 1.165) is 25.7 Å². The highest BCUT2D eigenvalue weighted by atomic mass is 16.4. The molecule has 8 nitrogen and oxygen atoms in total. The number of H-pyrrole nitrogens is 1. The predicted octanol–water partition coefficient (Wildman–Crippen LogP) is 4.18. The summed E-state index contributed by atoms with van der Waals surface area (Å²) in [5.41, 5.74) is 0.869. The van der Waals surface area contributed by atoms with Gasteiger partial charge in [0.1, 0.15) is 6.04 Å². The van der Waals surface area contributed by atoms with Gasteiger partial charge in [-0.25, -0.2) is 9.78 Å². The van der Waals surface area contributed by atoms with Crippen LogP contribution in [0.4, 0.5) is 0 Å². The van der Waals surface area contributed by atoms with Crippen LogP contribution in [0, 0.1) is 28.6 Å². The number of hydrogen-bond donors (Lipinski definition) is 4. The molecule has 0 aromatic carbocycles. The van der Waals surface area contributed by atoms with Crippen LogP contribution in [0.3, 0.4) is 0 Å². The lowest BCUT2D eigenvalue weighted by Crippen LogP contribution is -2.47. The molecule has 0 saturated heterocycles. The smallest absolute Gasteiger partial charge is 0.326 e. The molecule has 0 aliphatic rings. The number of amides is 2. The van der Waals surface area contributed by atoms with E-state index in [4.69, 9.17) is 0 Å². The first-order valence-corrected chi connectivity index (χ1v) is 12.3. The Morgan fingerprint density at radius 3 is 2.15 bits per heavy atom. The fourth-order valence-electron chi connectivity index (χ4n) is 4.75. The van der Waals surface area contributed by atoms with E-state index in [1.54, 1.807) is 6.20 Å². The zero-order valence-electron chi connectivity index (χ0n) is 22.3. The van der Waals surface area contributed by atoms with Crippen molar-refractivity contribution < 1.29 is 19.5 Å². The molecule has 0 spiro atoms. The Morgan fingerprint density at radius 2 is 1.65 bits per heavy atom. The minimum atomic E-state index is -1.15. The number of nitrogens with zero attached hydrogens (tertiary/aromatic N) is 1. The van der Waals surface area contributed by atoms with Gasteiger partial charge in [0.15, 0.2) is 0 Å². The maximum absolute atomic E-state index is 13.1. The number of carboxylic acids is 1. The van der Waals surface area contributed by atoms with Crippen molar-refractivity contribution >= 4 is 17.8 Å². The summed E-state index contributed by atoms with van der Waals surface area (Å²) in [4.78, 5) is 43.9. The number of carboxylic acid groups (broad SMARTS) is 1. The van der Waals surface area contributed by atoms with E-state index in [1.807, 2.05) is 0 Å². The second-order valence-electron chi connectivity index (χ2n) is 12.2. The number of aliphatic carboxylic acids is 1. The van der Waals surface area contributed by atoms with Crippen LogP contribution in [0.25, 0.3) is 0 Å². The number of nitrogens with one attached hydrogen (secondary N) is 3. The lowest BCUT2D eigenvalue weighted by Gasteiger charge is -2.30. The molecule has 4 unspecified atom stereocenters. The van der Waals surface area contributed by atoms with Crippen LogP contribution in [-0.4, -0.2) is 45.4 Å². The van der Waals surface area contributed by atoms with Crippen LogP contribution < -0.4 is 10.6 Å². The Balaban J connectivity index is 2.73. The van der Waals surface area contributed by atoms with Gasteiger partial charge in [-0.1, -0.05) is 55.4 Å². The van der Waals surface area contributed by atoms with Crippen LogP contribution in [-0.2, 0) is 20.8 Å². The Kier molecular flexibility index (Phi) is 11.3. The Labute approximate surface area is 205 Å². The topological polar surface area (TPSA) is 124 Å². The number of aromatic amines is 1. The zero-order chi connectivity index (χ0) is 26.1. The van der Waals surface area contributed by atoms with Gasteiger partial charge in [-0.15, -0.1) is 0 Å². The number of hydrogen-bond acceptors (Lipinski definition) is 4. The minimum Gasteiger partial charge on any atom is -0.480 e. The van der Waals surface area contributed by atoms with E-state index in [2.05, 4.69) is 76.0 Å². The molecular formula is C26H46N4O4. The quantitative estimate of drug-likeness (QED) is 0.339. The SMILES string of the molecule is CC(CCC(C(=O)NCC(=O)NC(Cc1c[nH]cn1)C(=O)O)C(C)CC(C)(C)C)CC(C)(C)C.